The van der Waals surface area contributed by atoms with Crippen molar-refractivity contribution < 1.29 is 4.79 Å². The molecule has 6 heteroatoms. The van der Waals surface area contributed by atoms with Gasteiger partial charge in [-0.1, -0.05) is 48.9 Å². The second-order valence-corrected chi connectivity index (χ2v) is 6.51. The zero-order valence-corrected chi connectivity index (χ0v) is 15.4. The quantitative estimate of drug-likeness (QED) is 0.718. The highest BCUT2D eigenvalue weighted by molar-refractivity contribution is 6.34. The Kier molecular flexibility index (Phi) is 5.40. The second kappa shape index (κ2) is 7.72. The van der Waals surface area contributed by atoms with Crippen LogP contribution in [-0.4, -0.2) is 29.4 Å². The zero-order valence-electron chi connectivity index (χ0n) is 14.6. The van der Waals surface area contributed by atoms with Crippen molar-refractivity contribution >= 4 is 34.0 Å². The largest absolute Gasteiger partial charge is 0.329 e. The summed E-state index contributed by atoms with van der Waals surface area (Å²) in [5.74, 6) is -0.174. The van der Waals surface area contributed by atoms with Gasteiger partial charge in [0.2, 0.25) is 5.91 Å². The normalized spacial score (nSPS) is 12.3. The Morgan fingerprint density at radius 1 is 1.23 bits per heavy atom. The summed E-state index contributed by atoms with van der Waals surface area (Å²) >= 11 is 6.30. The molecule has 0 fully saturated rings. The third-order valence-electron chi connectivity index (χ3n) is 4.42. The number of pyridine rings is 1. The zero-order chi connectivity index (χ0) is 18.7. The van der Waals surface area contributed by atoms with E-state index in [1.807, 2.05) is 49.2 Å². The minimum Gasteiger partial charge on any atom is -0.329 e. The molecule has 0 radical (unpaired) electrons. The van der Waals surface area contributed by atoms with Crippen LogP contribution in [-0.2, 0) is 4.79 Å². The maximum atomic E-state index is 13.0. The van der Waals surface area contributed by atoms with Crippen molar-refractivity contribution in [3.8, 4) is 0 Å². The van der Waals surface area contributed by atoms with Gasteiger partial charge in [0.05, 0.1) is 10.7 Å². The Hall–Kier alpha value is -2.63. The van der Waals surface area contributed by atoms with Gasteiger partial charge in [-0.3, -0.25) is 14.5 Å². The Balaban J connectivity index is 1.96. The van der Waals surface area contributed by atoms with Crippen LogP contribution >= 0.6 is 11.6 Å². The number of aromatic amines is 1. The summed E-state index contributed by atoms with van der Waals surface area (Å²) in [7, 11) is 1.90. The highest BCUT2D eigenvalue weighted by Crippen LogP contribution is 2.28. The number of carbonyl (C=O) groups excluding carboxylic acids is 1. The third kappa shape index (κ3) is 3.64. The van der Waals surface area contributed by atoms with Gasteiger partial charge in [0.25, 0.3) is 5.56 Å². The predicted molar refractivity (Wildman–Crippen MR) is 106 cm³/mol. The maximum Gasteiger partial charge on any atom is 0.255 e. The van der Waals surface area contributed by atoms with Gasteiger partial charge in [0.15, 0.2) is 0 Å². The first kappa shape index (κ1) is 18.2. The van der Waals surface area contributed by atoms with E-state index in [2.05, 4.69) is 10.3 Å². The van der Waals surface area contributed by atoms with E-state index in [-0.39, 0.29) is 11.5 Å². The molecular formula is C20H20ClN3O2. The summed E-state index contributed by atoms with van der Waals surface area (Å²) in [6.07, 6.45) is 1.57. The molecule has 2 N–H and O–H groups in total. The van der Waals surface area contributed by atoms with Crippen LogP contribution in [0.3, 0.4) is 0 Å². The van der Waals surface area contributed by atoms with E-state index in [1.165, 1.54) is 0 Å². The number of amides is 1. The monoisotopic (exact) mass is 369 g/mol. The Bertz CT molecular complexity index is 985. The molecule has 1 heterocycles. The summed E-state index contributed by atoms with van der Waals surface area (Å²) < 4.78 is 0. The molecule has 1 atom stereocenters. The van der Waals surface area contributed by atoms with Crippen molar-refractivity contribution in [1.82, 2.24) is 9.88 Å². The molecule has 134 valence electrons. The van der Waals surface area contributed by atoms with Crippen molar-refractivity contribution in [2.24, 2.45) is 0 Å². The van der Waals surface area contributed by atoms with E-state index in [4.69, 9.17) is 11.6 Å². The first-order valence-electron chi connectivity index (χ1n) is 8.38. The standard InChI is InChI=1S/C20H20ClN3O2/c1-3-24(2)18(13-7-5-4-6-8-13)20(26)23-17-11-14-9-10-22-19(25)15(14)12-16(17)21/h4-12,18H,3H2,1-2H3,(H,22,25)(H,23,26). The van der Waals surface area contributed by atoms with Crippen LogP contribution in [0.1, 0.15) is 18.5 Å². The molecule has 5 nitrogen and oxygen atoms in total. The summed E-state index contributed by atoms with van der Waals surface area (Å²) in [6, 6.07) is 14.2. The average molecular weight is 370 g/mol. The van der Waals surface area contributed by atoms with Gasteiger partial charge in [-0.05, 0) is 42.7 Å². The van der Waals surface area contributed by atoms with Crippen molar-refractivity contribution in [3.63, 3.8) is 0 Å². The second-order valence-electron chi connectivity index (χ2n) is 6.10. The highest BCUT2D eigenvalue weighted by Gasteiger charge is 2.25. The number of hydrogen-bond acceptors (Lipinski definition) is 3. The fourth-order valence-corrected chi connectivity index (χ4v) is 3.14. The molecule has 1 amide bonds. The number of fused-ring (bicyclic) bond motifs is 1. The lowest BCUT2D eigenvalue weighted by Crippen LogP contribution is -2.34. The number of carbonyl (C=O) groups is 1. The number of rotatable bonds is 5. The van der Waals surface area contributed by atoms with Crippen LogP contribution < -0.4 is 10.9 Å². The van der Waals surface area contributed by atoms with Crippen molar-refractivity contribution in [2.45, 2.75) is 13.0 Å². The predicted octanol–water partition coefficient (Wildman–Crippen LogP) is 3.81. The molecular weight excluding hydrogens is 350 g/mol. The van der Waals surface area contributed by atoms with Crippen LogP contribution in [0.5, 0.6) is 0 Å². The molecule has 0 spiro atoms. The number of halogens is 1. The van der Waals surface area contributed by atoms with Gasteiger partial charge >= 0.3 is 0 Å². The van der Waals surface area contributed by atoms with Gasteiger partial charge in [-0.25, -0.2) is 0 Å². The van der Waals surface area contributed by atoms with E-state index >= 15 is 0 Å². The summed E-state index contributed by atoms with van der Waals surface area (Å²) in [6.45, 7) is 2.71. The van der Waals surface area contributed by atoms with Crippen LogP contribution in [0.4, 0.5) is 5.69 Å². The molecule has 1 aromatic heterocycles. The van der Waals surface area contributed by atoms with Gasteiger partial charge in [-0.15, -0.1) is 0 Å². The first-order chi connectivity index (χ1) is 12.5. The van der Waals surface area contributed by atoms with Crippen LogP contribution in [0, 0.1) is 0 Å². The average Bonchev–Trinajstić information content (AvgIpc) is 2.64. The molecule has 0 aliphatic carbocycles. The number of aromatic nitrogens is 1. The maximum absolute atomic E-state index is 13.0. The van der Waals surface area contributed by atoms with Crippen molar-refractivity contribution in [3.05, 3.63) is 75.7 Å². The van der Waals surface area contributed by atoms with Gasteiger partial charge in [0.1, 0.15) is 6.04 Å². The number of hydrogen-bond donors (Lipinski definition) is 2. The molecule has 0 saturated carbocycles. The Labute approximate surface area is 156 Å². The molecule has 2 aromatic carbocycles. The molecule has 0 aliphatic heterocycles. The molecule has 0 bridgehead atoms. The highest BCUT2D eigenvalue weighted by atomic mass is 35.5. The summed E-state index contributed by atoms with van der Waals surface area (Å²) in [5.41, 5.74) is 1.18. The minimum atomic E-state index is -0.438. The summed E-state index contributed by atoms with van der Waals surface area (Å²) in [5, 5.41) is 4.44. The van der Waals surface area contributed by atoms with Gasteiger partial charge in [-0.2, -0.15) is 0 Å². The molecule has 3 rings (SSSR count). The molecule has 3 aromatic rings. The van der Waals surface area contributed by atoms with Gasteiger partial charge < -0.3 is 10.3 Å². The van der Waals surface area contributed by atoms with Crippen LogP contribution in [0.25, 0.3) is 10.8 Å². The van der Waals surface area contributed by atoms with E-state index in [0.29, 0.717) is 28.0 Å². The lowest BCUT2D eigenvalue weighted by atomic mass is 10.0. The smallest absolute Gasteiger partial charge is 0.255 e. The third-order valence-corrected chi connectivity index (χ3v) is 4.73. The number of nitrogens with zero attached hydrogens (tertiary/aromatic N) is 1. The number of benzene rings is 2. The number of H-pyrrole nitrogens is 1. The van der Waals surface area contributed by atoms with Crippen LogP contribution in [0.2, 0.25) is 5.02 Å². The molecule has 0 aliphatic rings. The minimum absolute atomic E-state index is 0.174. The Morgan fingerprint density at radius 3 is 2.65 bits per heavy atom. The van der Waals surface area contributed by atoms with E-state index in [1.54, 1.807) is 24.4 Å². The fourth-order valence-electron chi connectivity index (χ4n) is 2.93. The SMILES string of the molecule is CCN(C)C(C(=O)Nc1cc2cc[nH]c(=O)c2cc1Cl)c1ccccc1. The van der Waals surface area contributed by atoms with Crippen molar-refractivity contribution in [1.29, 1.82) is 0 Å². The van der Waals surface area contributed by atoms with Crippen LogP contribution in [0.15, 0.2) is 59.5 Å². The topological polar surface area (TPSA) is 65.2 Å². The fraction of sp³-hybridized carbons (Fsp3) is 0.200. The number of anilines is 1. The van der Waals surface area contributed by atoms with Crippen molar-refractivity contribution in [2.75, 3.05) is 18.9 Å². The first-order valence-corrected chi connectivity index (χ1v) is 8.76. The number of nitrogens with one attached hydrogen (secondary N) is 2. The lowest BCUT2D eigenvalue weighted by Gasteiger charge is -2.26. The molecule has 0 saturated heterocycles. The molecule has 1 unspecified atom stereocenters. The summed E-state index contributed by atoms with van der Waals surface area (Å²) in [4.78, 5) is 29.4. The van der Waals surface area contributed by atoms with Gasteiger partial charge in [0, 0.05) is 11.6 Å². The lowest BCUT2D eigenvalue weighted by molar-refractivity contribution is -0.121. The molecule has 26 heavy (non-hydrogen) atoms. The van der Waals surface area contributed by atoms with E-state index in [0.717, 1.165) is 5.56 Å². The number of likely N-dealkylation sites (N-methyl/N-ethyl adjacent to an activating group) is 1. The Morgan fingerprint density at radius 2 is 1.96 bits per heavy atom. The van der Waals surface area contributed by atoms with E-state index in [9.17, 15) is 9.59 Å². The van der Waals surface area contributed by atoms with E-state index < -0.39 is 6.04 Å².